The highest BCUT2D eigenvalue weighted by Crippen LogP contribution is 2.35. The van der Waals surface area contributed by atoms with Crippen molar-refractivity contribution in [1.29, 1.82) is 0 Å². The highest BCUT2D eigenvalue weighted by Gasteiger charge is 2.19. The minimum Gasteiger partial charge on any atom is -0.481 e. The molecule has 0 aliphatic heterocycles. The first-order valence-corrected chi connectivity index (χ1v) is 9.81. The molecule has 2 heterocycles. The number of benzene rings is 2. The van der Waals surface area contributed by atoms with Crippen LogP contribution in [0.25, 0.3) is 22.6 Å². The quantitative estimate of drug-likeness (QED) is 0.394. The van der Waals surface area contributed by atoms with E-state index in [1.165, 1.54) is 0 Å². The first-order valence-electron chi connectivity index (χ1n) is 9.81. The Kier molecular flexibility index (Phi) is 5.93. The average molecular weight is 415 g/mol. The van der Waals surface area contributed by atoms with Crippen LogP contribution in [0.15, 0.2) is 83.5 Å². The predicted molar refractivity (Wildman–Crippen MR) is 117 cm³/mol. The van der Waals surface area contributed by atoms with Gasteiger partial charge in [0.2, 0.25) is 0 Å². The van der Waals surface area contributed by atoms with Crippen molar-refractivity contribution in [2.75, 3.05) is 5.32 Å². The van der Waals surface area contributed by atoms with Gasteiger partial charge in [0.05, 0.1) is 6.42 Å². The number of aliphatic carboxylic acids is 1. The molecular weight excluding hydrogens is 394 g/mol. The van der Waals surface area contributed by atoms with Gasteiger partial charge >= 0.3 is 5.97 Å². The van der Waals surface area contributed by atoms with E-state index in [9.17, 15) is 4.79 Å². The van der Waals surface area contributed by atoms with Gasteiger partial charge < -0.3 is 19.6 Å². The number of carbonyl (C=O) groups is 1. The van der Waals surface area contributed by atoms with Crippen LogP contribution in [0.1, 0.15) is 13.3 Å². The number of anilines is 1. The van der Waals surface area contributed by atoms with Crippen LogP contribution in [0.3, 0.4) is 0 Å². The van der Waals surface area contributed by atoms with E-state index in [0.29, 0.717) is 17.2 Å². The van der Waals surface area contributed by atoms with E-state index in [0.717, 1.165) is 16.9 Å². The van der Waals surface area contributed by atoms with E-state index >= 15 is 0 Å². The fraction of sp³-hybridized carbons (Fsp3) is 0.125. The molecule has 0 aliphatic rings. The second-order valence-corrected chi connectivity index (χ2v) is 7.02. The third kappa shape index (κ3) is 5.08. The zero-order valence-corrected chi connectivity index (χ0v) is 16.9. The molecule has 31 heavy (non-hydrogen) atoms. The summed E-state index contributed by atoms with van der Waals surface area (Å²) in [6.45, 7) is 1.76. The van der Waals surface area contributed by atoms with Crippen molar-refractivity contribution < 1.29 is 19.1 Å². The molecule has 0 aliphatic carbocycles. The number of hydrogen-bond donors (Lipinski definition) is 2. The lowest BCUT2D eigenvalue weighted by Crippen LogP contribution is -2.19. The van der Waals surface area contributed by atoms with Crippen LogP contribution in [0, 0.1) is 0 Å². The summed E-state index contributed by atoms with van der Waals surface area (Å²) in [5.41, 5.74) is 2.24. The molecule has 1 atom stereocenters. The molecule has 2 aromatic heterocycles. The molecule has 0 amide bonds. The zero-order valence-electron chi connectivity index (χ0n) is 16.9. The Hall–Kier alpha value is -4.13. The van der Waals surface area contributed by atoms with Crippen LogP contribution in [-0.4, -0.2) is 27.1 Å². The Labute approximate surface area is 179 Å². The maximum absolute atomic E-state index is 11.0. The molecule has 0 radical (unpaired) electrons. The average Bonchev–Trinajstić information content (AvgIpc) is 3.18. The molecule has 4 rings (SSSR count). The largest absolute Gasteiger partial charge is 0.481 e. The van der Waals surface area contributed by atoms with E-state index < -0.39 is 5.97 Å². The van der Waals surface area contributed by atoms with Crippen LogP contribution in [0.5, 0.6) is 11.5 Å². The van der Waals surface area contributed by atoms with Gasteiger partial charge in [0.15, 0.2) is 5.76 Å². The fourth-order valence-corrected chi connectivity index (χ4v) is 3.10. The molecule has 2 aromatic carbocycles. The number of ether oxygens (including phenoxy) is 1. The number of aromatic nitrogens is 2. The lowest BCUT2D eigenvalue weighted by Gasteiger charge is -2.08. The third-order valence-electron chi connectivity index (χ3n) is 4.51. The predicted octanol–water partition coefficient (Wildman–Crippen LogP) is 5.47. The molecule has 0 fully saturated rings. The maximum Gasteiger partial charge on any atom is 0.305 e. The van der Waals surface area contributed by atoms with E-state index in [2.05, 4.69) is 15.3 Å². The standard InChI is InChI=1S/C24H21N3O4/c1-16(14-21(28)29)26-24-27-22(23(31-24)18-6-5-13-25-15-18)17-9-11-20(12-10-17)30-19-7-3-2-4-8-19/h2-13,15-16H,14H2,1H3,(H,26,27)(H,28,29). The molecule has 7 heteroatoms. The molecule has 0 spiro atoms. The Bertz CT molecular complexity index is 1140. The molecule has 156 valence electrons. The first kappa shape index (κ1) is 20.2. The van der Waals surface area contributed by atoms with Gasteiger partial charge in [-0.3, -0.25) is 9.78 Å². The van der Waals surface area contributed by atoms with E-state index in [-0.39, 0.29) is 18.5 Å². The molecule has 1 unspecified atom stereocenters. The van der Waals surface area contributed by atoms with Crippen molar-refractivity contribution in [2.45, 2.75) is 19.4 Å². The number of oxazole rings is 1. The summed E-state index contributed by atoms with van der Waals surface area (Å²) in [4.78, 5) is 19.7. The molecule has 0 saturated heterocycles. The van der Waals surface area contributed by atoms with Gasteiger partial charge in [-0.25, -0.2) is 0 Å². The van der Waals surface area contributed by atoms with Crippen LogP contribution >= 0.6 is 0 Å². The van der Waals surface area contributed by atoms with E-state index in [4.69, 9.17) is 14.3 Å². The molecule has 4 aromatic rings. The van der Waals surface area contributed by atoms with Crippen molar-refractivity contribution in [2.24, 2.45) is 0 Å². The summed E-state index contributed by atoms with van der Waals surface area (Å²) in [5, 5.41) is 12.0. The van der Waals surface area contributed by atoms with Crippen molar-refractivity contribution in [3.8, 4) is 34.1 Å². The lowest BCUT2D eigenvalue weighted by molar-refractivity contribution is -0.137. The molecule has 0 bridgehead atoms. The molecular formula is C24H21N3O4. The Morgan fingerprint density at radius 1 is 1.03 bits per heavy atom. The van der Waals surface area contributed by atoms with Gasteiger partial charge in [0.1, 0.15) is 17.2 Å². The van der Waals surface area contributed by atoms with Gasteiger partial charge in [-0.1, -0.05) is 18.2 Å². The van der Waals surface area contributed by atoms with Gasteiger partial charge in [-0.15, -0.1) is 0 Å². The highest BCUT2D eigenvalue weighted by atomic mass is 16.5. The lowest BCUT2D eigenvalue weighted by atomic mass is 10.1. The van der Waals surface area contributed by atoms with Crippen molar-refractivity contribution >= 4 is 12.0 Å². The smallest absolute Gasteiger partial charge is 0.305 e. The van der Waals surface area contributed by atoms with Gasteiger partial charge in [-0.2, -0.15) is 4.98 Å². The highest BCUT2D eigenvalue weighted by molar-refractivity contribution is 5.78. The molecule has 2 N–H and O–H groups in total. The fourth-order valence-electron chi connectivity index (χ4n) is 3.10. The topological polar surface area (TPSA) is 97.5 Å². The maximum atomic E-state index is 11.0. The van der Waals surface area contributed by atoms with Crippen LogP contribution in [0.2, 0.25) is 0 Å². The van der Waals surface area contributed by atoms with Crippen molar-refractivity contribution in [3.63, 3.8) is 0 Å². The summed E-state index contributed by atoms with van der Waals surface area (Å²) < 4.78 is 11.8. The van der Waals surface area contributed by atoms with Gasteiger partial charge in [0.25, 0.3) is 6.01 Å². The SMILES string of the molecule is CC(CC(=O)O)Nc1nc(-c2ccc(Oc3ccccc3)cc2)c(-c2cccnc2)o1. The van der Waals surface area contributed by atoms with Gasteiger partial charge in [0, 0.05) is 29.6 Å². The van der Waals surface area contributed by atoms with Crippen molar-refractivity contribution in [3.05, 3.63) is 79.1 Å². The Morgan fingerprint density at radius 3 is 2.45 bits per heavy atom. The van der Waals surface area contributed by atoms with E-state index in [1.807, 2.05) is 66.7 Å². The number of rotatable bonds is 8. The minimum atomic E-state index is -0.895. The summed E-state index contributed by atoms with van der Waals surface area (Å²) in [6, 6.07) is 20.7. The molecule has 7 nitrogen and oxygen atoms in total. The number of carboxylic acid groups (broad SMARTS) is 1. The summed E-state index contributed by atoms with van der Waals surface area (Å²) in [5.74, 6) is 1.12. The first-order chi connectivity index (χ1) is 15.1. The van der Waals surface area contributed by atoms with Crippen LogP contribution in [0.4, 0.5) is 6.01 Å². The zero-order chi connectivity index (χ0) is 21.6. The Balaban J connectivity index is 1.63. The number of carboxylic acids is 1. The normalized spacial score (nSPS) is 11.6. The number of para-hydroxylation sites is 1. The Morgan fingerprint density at radius 2 is 1.77 bits per heavy atom. The number of pyridine rings is 1. The van der Waals surface area contributed by atoms with Crippen LogP contribution in [-0.2, 0) is 4.79 Å². The second-order valence-electron chi connectivity index (χ2n) is 7.02. The summed E-state index contributed by atoms with van der Waals surface area (Å²) >= 11 is 0. The van der Waals surface area contributed by atoms with Gasteiger partial charge in [-0.05, 0) is 55.5 Å². The van der Waals surface area contributed by atoms with Crippen molar-refractivity contribution in [1.82, 2.24) is 9.97 Å². The molecule has 0 saturated carbocycles. The monoisotopic (exact) mass is 415 g/mol. The number of nitrogens with zero attached hydrogens (tertiary/aromatic N) is 2. The minimum absolute atomic E-state index is 0.0501. The number of nitrogens with one attached hydrogen (secondary N) is 1. The summed E-state index contributed by atoms with van der Waals surface area (Å²) in [6.07, 6.45) is 3.33. The second kappa shape index (κ2) is 9.13. The summed E-state index contributed by atoms with van der Waals surface area (Å²) in [7, 11) is 0. The van der Waals surface area contributed by atoms with Crippen LogP contribution < -0.4 is 10.1 Å². The van der Waals surface area contributed by atoms with E-state index in [1.54, 1.807) is 19.3 Å². The number of hydrogen-bond acceptors (Lipinski definition) is 6. The third-order valence-corrected chi connectivity index (χ3v) is 4.51.